The lowest BCUT2D eigenvalue weighted by molar-refractivity contribution is -0.151. The Morgan fingerprint density at radius 3 is 2.33 bits per heavy atom. The third-order valence-electron chi connectivity index (χ3n) is 5.45. The van der Waals surface area contributed by atoms with Gasteiger partial charge < -0.3 is 0 Å². The molecule has 0 amide bonds. The quantitative estimate of drug-likeness (QED) is 0.847. The highest BCUT2D eigenvalue weighted by Gasteiger charge is 2.63. The molecule has 2 saturated carbocycles. The molecular weight excluding hydrogens is 316 g/mol. The van der Waals surface area contributed by atoms with Gasteiger partial charge in [-0.1, -0.05) is 6.42 Å². The van der Waals surface area contributed by atoms with Crippen molar-refractivity contribution in [2.75, 3.05) is 13.1 Å². The van der Waals surface area contributed by atoms with Crippen molar-refractivity contribution in [3.8, 4) is 0 Å². The van der Waals surface area contributed by atoms with Gasteiger partial charge in [-0.15, -0.1) is 0 Å². The smallest absolute Gasteiger partial charge is 0.207 e. The van der Waals surface area contributed by atoms with E-state index < -0.39 is 16.4 Å². The average molecular weight is 333 g/mol. The van der Waals surface area contributed by atoms with Gasteiger partial charge in [-0.2, -0.15) is 15.6 Å². The third-order valence-corrected chi connectivity index (χ3v) is 8.20. The Kier molecular flexibility index (Phi) is 2.86. The van der Waals surface area contributed by atoms with E-state index in [1.54, 1.807) is 0 Å². The standard InChI is InChI=1S/C14H17F2NO2S2/c15-12(16)10-4-20-5-11(10)21(18,19)17-8-14(9-17)6-13(7-14)2-1-3-13/h4-5,12H,1-3,6-9H2. The van der Waals surface area contributed by atoms with Crippen LogP contribution in [0.2, 0.25) is 0 Å². The van der Waals surface area contributed by atoms with Crippen LogP contribution in [0.15, 0.2) is 15.7 Å². The van der Waals surface area contributed by atoms with E-state index in [0.29, 0.717) is 18.5 Å². The number of nitrogens with zero attached hydrogens (tertiary/aromatic N) is 1. The van der Waals surface area contributed by atoms with Gasteiger partial charge in [0.15, 0.2) is 0 Å². The molecule has 0 unspecified atom stereocenters. The zero-order valence-electron chi connectivity index (χ0n) is 11.5. The molecule has 0 radical (unpaired) electrons. The summed E-state index contributed by atoms with van der Waals surface area (Å²) in [6, 6.07) is 0. The number of thiophene rings is 1. The summed E-state index contributed by atoms with van der Waals surface area (Å²) in [5.41, 5.74) is 0.297. The van der Waals surface area contributed by atoms with Crippen molar-refractivity contribution < 1.29 is 17.2 Å². The maximum atomic E-state index is 12.9. The number of sulfonamides is 1. The van der Waals surface area contributed by atoms with E-state index >= 15 is 0 Å². The molecule has 0 atom stereocenters. The van der Waals surface area contributed by atoms with Gasteiger partial charge in [-0.3, -0.25) is 0 Å². The predicted molar refractivity (Wildman–Crippen MR) is 76.0 cm³/mol. The zero-order valence-corrected chi connectivity index (χ0v) is 13.2. The van der Waals surface area contributed by atoms with Crippen molar-refractivity contribution >= 4 is 21.4 Å². The molecule has 4 rings (SSSR count). The Hall–Kier alpha value is -0.530. The lowest BCUT2D eigenvalue weighted by atomic mass is 9.43. The van der Waals surface area contributed by atoms with E-state index in [4.69, 9.17) is 0 Å². The normalized spacial score (nSPS) is 26.6. The summed E-state index contributed by atoms with van der Waals surface area (Å²) in [6.07, 6.45) is 3.36. The van der Waals surface area contributed by atoms with Crippen LogP contribution >= 0.6 is 11.3 Å². The van der Waals surface area contributed by atoms with Crippen LogP contribution in [0.25, 0.3) is 0 Å². The second kappa shape index (κ2) is 4.26. The van der Waals surface area contributed by atoms with Gasteiger partial charge in [-0.25, -0.2) is 17.2 Å². The molecule has 1 aromatic heterocycles. The fourth-order valence-corrected chi connectivity index (χ4v) is 7.51. The lowest BCUT2D eigenvalue weighted by Gasteiger charge is -2.67. The maximum Gasteiger partial charge on any atom is 0.265 e. The summed E-state index contributed by atoms with van der Waals surface area (Å²) in [7, 11) is -3.74. The summed E-state index contributed by atoms with van der Waals surface area (Å²) < 4.78 is 52.1. The van der Waals surface area contributed by atoms with Crippen LogP contribution < -0.4 is 0 Å². The van der Waals surface area contributed by atoms with E-state index in [1.165, 1.54) is 34.3 Å². The molecule has 21 heavy (non-hydrogen) atoms. The van der Waals surface area contributed by atoms with E-state index in [9.17, 15) is 17.2 Å². The van der Waals surface area contributed by atoms with Crippen molar-refractivity contribution in [1.82, 2.24) is 4.31 Å². The molecule has 116 valence electrons. The topological polar surface area (TPSA) is 37.4 Å². The van der Waals surface area contributed by atoms with Crippen molar-refractivity contribution in [2.24, 2.45) is 10.8 Å². The Balaban J connectivity index is 1.49. The molecule has 3 aliphatic rings. The molecule has 0 N–H and O–H groups in total. The molecule has 3 nitrogen and oxygen atoms in total. The summed E-state index contributed by atoms with van der Waals surface area (Å²) in [6.45, 7) is 1.02. The van der Waals surface area contributed by atoms with Crippen molar-refractivity contribution in [3.05, 3.63) is 16.3 Å². The molecule has 2 aliphatic carbocycles. The fourth-order valence-electron chi connectivity index (χ4n) is 4.47. The SMILES string of the molecule is O=S(=O)(c1cscc1C(F)F)N1CC2(C1)CC1(CCC1)C2. The van der Waals surface area contributed by atoms with Gasteiger partial charge in [-0.05, 0) is 36.5 Å². The lowest BCUT2D eigenvalue weighted by Crippen LogP contribution is -2.67. The molecule has 0 bridgehead atoms. The van der Waals surface area contributed by atoms with E-state index in [0.717, 1.165) is 24.2 Å². The van der Waals surface area contributed by atoms with Gasteiger partial charge in [0.1, 0.15) is 4.90 Å². The number of halogens is 2. The van der Waals surface area contributed by atoms with Crippen molar-refractivity contribution in [3.63, 3.8) is 0 Å². The average Bonchev–Trinajstić information content (AvgIpc) is 2.71. The Morgan fingerprint density at radius 2 is 1.81 bits per heavy atom. The Labute approximate surface area is 127 Å². The zero-order chi connectivity index (χ0) is 14.9. The van der Waals surface area contributed by atoms with Crippen LogP contribution in [-0.4, -0.2) is 25.8 Å². The number of alkyl halides is 2. The Morgan fingerprint density at radius 1 is 1.14 bits per heavy atom. The number of hydrogen-bond donors (Lipinski definition) is 0. The second-order valence-electron chi connectivity index (χ2n) is 6.97. The monoisotopic (exact) mass is 333 g/mol. The van der Waals surface area contributed by atoms with Crippen LogP contribution in [0.5, 0.6) is 0 Å². The fraction of sp³-hybridized carbons (Fsp3) is 0.714. The highest BCUT2D eigenvalue weighted by Crippen LogP contribution is 2.67. The first-order valence-corrected chi connectivity index (χ1v) is 9.59. The van der Waals surface area contributed by atoms with Crippen LogP contribution in [0, 0.1) is 10.8 Å². The summed E-state index contributed by atoms with van der Waals surface area (Å²) in [4.78, 5) is -0.199. The Bertz CT molecular complexity index is 663. The first kappa shape index (κ1) is 14.1. The minimum atomic E-state index is -3.74. The molecule has 1 aliphatic heterocycles. The second-order valence-corrected chi connectivity index (χ2v) is 9.62. The van der Waals surface area contributed by atoms with Gasteiger partial charge in [0.25, 0.3) is 6.43 Å². The first-order valence-electron chi connectivity index (χ1n) is 7.20. The molecule has 1 saturated heterocycles. The largest absolute Gasteiger partial charge is 0.265 e. The third kappa shape index (κ3) is 1.93. The molecule has 2 spiro atoms. The maximum absolute atomic E-state index is 12.9. The minimum absolute atomic E-state index is 0.147. The first-order chi connectivity index (χ1) is 9.86. The van der Waals surface area contributed by atoms with Gasteiger partial charge in [0, 0.05) is 29.4 Å². The molecule has 7 heteroatoms. The molecule has 1 aromatic rings. The minimum Gasteiger partial charge on any atom is -0.207 e. The van der Waals surface area contributed by atoms with E-state index in [2.05, 4.69) is 0 Å². The molecular formula is C14H17F2NO2S2. The van der Waals surface area contributed by atoms with Crippen LogP contribution in [0.4, 0.5) is 8.78 Å². The molecule has 2 heterocycles. The predicted octanol–water partition coefficient (Wildman–Crippen LogP) is 3.64. The number of rotatable bonds is 3. The molecule has 3 fully saturated rings. The highest BCUT2D eigenvalue weighted by atomic mass is 32.2. The van der Waals surface area contributed by atoms with Gasteiger partial charge in [0.05, 0.1) is 0 Å². The summed E-state index contributed by atoms with van der Waals surface area (Å²) in [5, 5.41) is 2.57. The van der Waals surface area contributed by atoms with E-state index in [1.807, 2.05) is 0 Å². The summed E-state index contributed by atoms with van der Waals surface area (Å²) >= 11 is 1.02. The van der Waals surface area contributed by atoms with E-state index in [-0.39, 0.29) is 15.9 Å². The van der Waals surface area contributed by atoms with Crippen LogP contribution in [0.3, 0.4) is 0 Å². The highest BCUT2D eigenvalue weighted by molar-refractivity contribution is 7.89. The van der Waals surface area contributed by atoms with Crippen molar-refractivity contribution in [2.45, 2.75) is 43.4 Å². The number of hydrogen-bond acceptors (Lipinski definition) is 3. The summed E-state index contributed by atoms with van der Waals surface area (Å²) in [5.74, 6) is 0. The van der Waals surface area contributed by atoms with Crippen molar-refractivity contribution in [1.29, 1.82) is 0 Å². The van der Waals surface area contributed by atoms with Crippen LogP contribution in [-0.2, 0) is 10.0 Å². The van der Waals surface area contributed by atoms with Crippen LogP contribution in [0.1, 0.15) is 44.1 Å². The molecule has 0 aromatic carbocycles. The van der Waals surface area contributed by atoms with Gasteiger partial charge in [0.2, 0.25) is 10.0 Å². The van der Waals surface area contributed by atoms with Gasteiger partial charge >= 0.3 is 0 Å².